The molecule has 0 spiro atoms. The number of benzene rings is 1. The summed E-state index contributed by atoms with van der Waals surface area (Å²) in [7, 11) is 0. The van der Waals surface area contributed by atoms with E-state index in [1.165, 1.54) is 6.07 Å². The molecule has 1 aromatic carbocycles. The van der Waals surface area contributed by atoms with Crippen LogP contribution in [0.3, 0.4) is 0 Å². The highest BCUT2D eigenvalue weighted by Gasteiger charge is 2.08. The van der Waals surface area contributed by atoms with E-state index in [0.29, 0.717) is 11.5 Å². The van der Waals surface area contributed by atoms with Crippen LogP contribution in [-0.4, -0.2) is 16.1 Å². The first kappa shape index (κ1) is 12.5. The minimum absolute atomic E-state index is 0.217. The maximum absolute atomic E-state index is 11.8. The van der Waals surface area contributed by atoms with Gasteiger partial charge in [0.25, 0.3) is 5.91 Å². The van der Waals surface area contributed by atoms with Crippen LogP contribution in [0.5, 0.6) is 0 Å². The first-order valence-corrected chi connectivity index (χ1v) is 5.85. The average molecular weight is 308 g/mol. The molecule has 2 rings (SSSR count). The average Bonchev–Trinajstić information content (AvgIpc) is 2.39. The van der Waals surface area contributed by atoms with Crippen molar-refractivity contribution >= 4 is 33.3 Å². The Morgan fingerprint density at radius 2 is 2.06 bits per heavy atom. The summed E-state index contributed by atoms with van der Waals surface area (Å²) >= 11 is 3.33. The zero-order chi connectivity index (χ0) is 13.0. The molecule has 0 aliphatic carbocycles. The Morgan fingerprint density at radius 3 is 2.67 bits per heavy atom. The Labute approximate surface area is 112 Å². The predicted molar refractivity (Wildman–Crippen MR) is 71.9 cm³/mol. The van der Waals surface area contributed by atoms with Crippen LogP contribution in [0.1, 0.15) is 10.5 Å². The van der Waals surface area contributed by atoms with Gasteiger partial charge in [0.05, 0.1) is 0 Å². The van der Waals surface area contributed by atoms with E-state index >= 15 is 0 Å². The molecule has 0 aliphatic rings. The third kappa shape index (κ3) is 3.02. The maximum atomic E-state index is 11.8. The van der Waals surface area contributed by atoms with E-state index in [0.717, 1.165) is 4.47 Å². The number of carbonyl (C=O) groups excluding carboxylic acids is 1. The quantitative estimate of drug-likeness (QED) is 0.593. The lowest BCUT2D eigenvalue weighted by Gasteiger charge is -2.05. The normalized spacial score (nSPS) is 9.89. The summed E-state index contributed by atoms with van der Waals surface area (Å²) in [6.07, 6.45) is 0. The fourth-order valence-corrected chi connectivity index (χ4v) is 1.69. The highest BCUT2D eigenvalue weighted by atomic mass is 79.9. The van der Waals surface area contributed by atoms with Crippen LogP contribution < -0.4 is 16.6 Å². The predicted octanol–water partition coefficient (Wildman–Crippen LogP) is 1.78. The van der Waals surface area contributed by atoms with Gasteiger partial charge in [0.2, 0.25) is 0 Å². The lowest BCUT2D eigenvalue weighted by Crippen LogP contribution is -2.16. The van der Waals surface area contributed by atoms with Crippen LogP contribution in [-0.2, 0) is 0 Å². The summed E-state index contributed by atoms with van der Waals surface area (Å²) in [6.45, 7) is 0. The SMILES string of the molecule is NNc1ccc(C(=O)Nc2cccc(Br)c2)nn1. The largest absolute Gasteiger partial charge is 0.321 e. The van der Waals surface area contributed by atoms with E-state index in [2.05, 4.69) is 36.9 Å². The van der Waals surface area contributed by atoms with Crippen molar-refractivity contribution in [2.24, 2.45) is 5.84 Å². The first-order chi connectivity index (χ1) is 8.69. The molecule has 1 amide bonds. The second-order valence-electron chi connectivity index (χ2n) is 3.41. The number of rotatable bonds is 3. The van der Waals surface area contributed by atoms with E-state index in [1.54, 1.807) is 18.2 Å². The zero-order valence-electron chi connectivity index (χ0n) is 9.22. The third-order valence-electron chi connectivity index (χ3n) is 2.13. The number of nitrogen functional groups attached to an aromatic ring is 1. The van der Waals surface area contributed by atoms with E-state index in [1.807, 2.05) is 12.1 Å². The number of nitrogens with zero attached hydrogens (tertiary/aromatic N) is 2. The van der Waals surface area contributed by atoms with Crippen LogP contribution >= 0.6 is 15.9 Å². The summed E-state index contributed by atoms with van der Waals surface area (Å²) in [5, 5.41) is 10.2. The van der Waals surface area contributed by atoms with Crippen molar-refractivity contribution in [3.05, 3.63) is 46.6 Å². The van der Waals surface area contributed by atoms with Gasteiger partial charge in [-0.3, -0.25) is 4.79 Å². The molecule has 1 heterocycles. The summed E-state index contributed by atoms with van der Waals surface area (Å²) in [5.41, 5.74) is 3.23. The number of nitrogens with one attached hydrogen (secondary N) is 2. The lowest BCUT2D eigenvalue weighted by molar-refractivity contribution is 0.102. The van der Waals surface area contributed by atoms with Crippen molar-refractivity contribution < 1.29 is 4.79 Å². The Balaban J connectivity index is 2.11. The Kier molecular flexibility index (Phi) is 3.85. The summed E-state index contributed by atoms with van der Waals surface area (Å²) < 4.78 is 0.883. The second kappa shape index (κ2) is 5.56. The van der Waals surface area contributed by atoms with E-state index in [-0.39, 0.29) is 11.6 Å². The monoisotopic (exact) mass is 307 g/mol. The van der Waals surface area contributed by atoms with Gasteiger partial charge < -0.3 is 10.7 Å². The van der Waals surface area contributed by atoms with Gasteiger partial charge >= 0.3 is 0 Å². The topological polar surface area (TPSA) is 92.9 Å². The Hall–Kier alpha value is -1.99. The first-order valence-electron chi connectivity index (χ1n) is 5.06. The second-order valence-corrected chi connectivity index (χ2v) is 4.33. The molecule has 0 saturated heterocycles. The molecule has 18 heavy (non-hydrogen) atoms. The molecular weight excluding hydrogens is 298 g/mol. The number of anilines is 2. The lowest BCUT2D eigenvalue weighted by atomic mass is 10.3. The molecule has 6 nitrogen and oxygen atoms in total. The minimum atomic E-state index is -0.329. The number of hydrogen-bond acceptors (Lipinski definition) is 5. The van der Waals surface area contributed by atoms with Crippen molar-refractivity contribution in [1.29, 1.82) is 0 Å². The van der Waals surface area contributed by atoms with Gasteiger partial charge in [0.1, 0.15) is 0 Å². The molecule has 0 saturated carbocycles. The molecule has 0 bridgehead atoms. The van der Waals surface area contributed by atoms with Crippen LogP contribution in [0.4, 0.5) is 11.5 Å². The number of halogens is 1. The molecule has 0 fully saturated rings. The van der Waals surface area contributed by atoms with Gasteiger partial charge in [-0.2, -0.15) is 0 Å². The van der Waals surface area contributed by atoms with Gasteiger partial charge in [0, 0.05) is 10.2 Å². The number of amides is 1. The standard InChI is InChI=1S/C11H10BrN5O/c12-7-2-1-3-8(6-7)14-11(18)9-4-5-10(15-13)17-16-9/h1-6H,13H2,(H,14,18)(H,15,17). The number of hydrazine groups is 1. The summed E-state index contributed by atoms with van der Waals surface area (Å²) in [6, 6.07) is 10.4. The number of carbonyl (C=O) groups is 1. The van der Waals surface area contributed by atoms with Crippen molar-refractivity contribution in [2.45, 2.75) is 0 Å². The fourth-order valence-electron chi connectivity index (χ4n) is 1.29. The van der Waals surface area contributed by atoms with Crippen molar-refractivity contribution in [3.8, 4) is 0 Å². The molecule has 4 N–H and O–H groups in total. The van der Waals surface area contributed by atoms with Crippen LogP contribution in [0.15, 0.2) is 40.9 Å². The highest BCUT2D eigenvalue weighted by Crippen LogP contribution is 2.16. The molecule has 1 aromatic heterocycles. The molecule has 0 radical (unpaired) electrons. The summed E-state index contributed by atoms with van der Waals surface area (Å²) in [5.74, 6) is 5.23. The highest BCUT2D eigenvalue weighted by molar-refractivity contribution is 9.10. The number of hydrogen-bond donors (Lipinski definition) is 3. The van der Waals surface area contributed by atoms with Crippen LogP contribution in [0.25, 0.3) is 0 Å². The molecule has 0 atom stereocenters. The minimum Gasteiger partial charge on any atom is -0.321 e. The molecule has 0 aliphatic heterocycles. The zero-order valence-corrected chi connectivity index (χ0v) is 10.8. The Bertz CT molecular complexity index is 558. The summed E-state index contributed by atoms with van der Waals surface area (Å²) in [4.78, 5) is 11.8. The molecule has 0 unspecified atom stereocenters. The van der Waals surface area contributed by atoms with Gasteiger partial charge in [-0.15, -0.1) is 10.2 Å². The van der Waals surface area contributed by atoms with Crippen molar-refractivity contribution in [3.63, 3.8) is 0 Å². The van der Waals surface area contributed by atoms with Gasteiger partial charge in [-0.25, -0.2) is 5.84 Å². The smallest absolute Gasteiger partial charge is 0.276 e. The molecule has 2 aromatic rings. The third-order valence-corrected chi connectivity index (χ3v) is 2.62. The number of nitrogens with two attached hydrogens (primary N) is 1. The number of aromatic nitrogens is 2. The Morgan fingerprint density at radius 1 is 1.22 bits per heavy atom. The van der Waals surface area contributed by atoms with E-state index in [9.17, 15) is 4.79 Å². The molecular formula is C11H10BrN5O. The van der Waals surface area contributed by atoms with Crippen LogP contribution in [0, 0.1) is 0 Å². The van der Waals surface area contributed by atoms with E-state index < -0.39 is 0 Å². The van der Waals surface area contributed by atoms with E-state index in [4.69, 9.17) is 5.84 Å². The molecule has 92 valence electrons. The van der Waals surface area contributed by atoms with Crippen molar-refractivity contribution in [1.82, 2.24) is 10.2 Å². The fraction of sp³-hybridized carbons (Fsp3) is 0. The van der Waals surface area contributed by atoms with Crippen molar-refractivity contribution in [2.75, 3.05) is 10.7 Å². The maximum Gasteiger partial charge on any atom is 0.276 e. The van der Waals surface area contributed by atoms with Gasteiger partial charge in [-0.05, 0) is 30.3 Å². The van der Waals surface area contributed by atoms with Gasteiger partial charge in [-0.1, -0.05) is 22.0 Å². The van der Waals surface area contributed by atoms with Crippen LogP contribution in [0.2, 0.25) is 0 Å². The van der Waals surface area contributed by atoms with Gasteiger partial charge in [0.15, 0.2) is 11.5 Å². The molecule has 7 heteroatoms.